The van der Waals surface area contributed by atoms with Gasteiger partial charge in [-0.1, -0.05) is 12.1 Å². The van der Waals surface area contributed by atoms with Gasteiger partial charge in [0.05, 0.1) is 6.10 Å². The predicted molar refractivity (Wildman–Crippen MR) is 60.6 cm³/mol. The molecule has 0 saturated heterocycles. The first-order valence-electron chi connectivity index (χ1n) is 5.53. The highest BCUT2D eigenvalue weighted by Crippen LogP contribution is 2.35. The smallest absolute Gasteiger partial charge is 0.231 e. The van der Waals surface area contributed by atoms with Gasteiger partial charge in [-0.2, -0.15) is 0 Å². The third-order valence-electron chi connectivity index (χ3n) is 2.53. The Bertz CT molecular complexity index is 352. The minimum atomic E-state index is -0.256. The van der Waals surface area contributed by atoms with Gasteiger partial charge >= 0.3 is 0 Å². The summed E-state index contributed by atoms with van der Waals surface area (Å²) in [6.45, 7) is 3.63. The normalized spacial score (nSPS) is 15.1. The highest BCUT2D eigenvalue weighted by Gasteiger charge is 2.16. The van der Waals surface area contributed by atoms with Crippen molar-refractivity contribution in [2.45, 2.75) is 26.0 Å². The van der Waals surface area contributed by atoms with Crippen LogP contribution in [0, 0.1) is 0 Å². The summed E-state index contributed by atoms with van der Waals surface area (Å²) in [6.07, 6.45) is 0.500. The van der Waals surface area contributed by atoms with Crippen LogP contribution in [0.4, 0.5) is 0 Å². The van der Waals surface area contributed by atoms with Gasteiger partial charge in [-0.3, -0.25) is 0 Å². The number of aliphatic hydroxyl groups excluding tert-OH is 1. The molecule has 1 unspecified atom stereocenters. The van der Waals surface area contributed by atoms with Crippen LogP contribution in [0.15, 0.2) is 18.2 Å². The maximum atomic E-state index is 9.12. The molecule has 0 aromatic heterocycles. The Morgan fingerprint density at radius 2 is 2.31 bits per heavy atom. The van der Waals surface area contributed by atoms with Gasteiger partial charge in [0.1, 0.15) is 0 Å². The lowest BCUT2D eigenvalue weighted by Crippen LogP contribution is -2.18. The molecule has 0 aliphatic carbocycles. The van der Waals surface area contributed by atoms with E-state index in [9.17, 15) is 0 Å². The van der Waals surface area contributed by atoms with Crippen molar-refractivity contribution in [1.29, 1.82) is 0 Å². The van der Waals surface area contributed by atoms with E-state index in [0.29, 0.717) is 6.79 Å². The molecule has 1 aliphatic heterocycles. The molecule has 1 aromatic rings. The standard InChI is InChI=1S/C12H17NO3/c1-9(14)5-6-13-7-10-3-2-4-11-12(10)16-8-15-11/h2-4,9,13-14H,5-8H2,1H3. The number of benzene rings is 1. The van der Waals surface area contributed by atoms with Crippen molar-refractivity contribution in [1.82, 2.24) is 5.32 Å². The molecule has 16 heavy (non-hydrogen) atoms. The van der Waals surface area contributed by atoms with Crippen LogP contribution in [0.2, 0.25) is 0 Å². The molecule has 4 heteroatoms. The van der Waals surface area contributed by atoms with Crippen molar-refractivity contribution >= 4 is 0 Å². The first kappa shape index (κ1) is 11.2. The number of nitrogens with one attached hydrogen (secondary N) is 1. The van der Waals surface area contributed by atoms with E-state index < -0.39 is 0 Å². The molecule has 4 nitrogen and oxygen atoms in total. The van der Waals surface area contributed by atoms with Crippen LogP contribution in [0.25, 0.3) is 0 Å². The number of para-hydroxylation sites is 1. The summed E-state index contributed by atoms with van der Waals surface area (Å²) in [6, 6.07) is 5.88. The Labute approximate surface area is 95.2 Å². The number of aliphatic hydroxyl groups is 1. The van der Waals surface area contributed by atoms with E-state index in [-0.39, 0.29) is 6.10 Å². The number of rotatable bonds is 5. The summed E-state index contributed by atoms with van der Waals surface area (Å²) in [5.74, 6) is 1.65. The van der Waals surface area contributed by atoms with Crippen LogP contribution in [0.5, 0.6) is 11.5 Å². The van der Waals surface area contributed by atoms with Crippen molar-refractivity contribution in [2.75, 3.05) is 13.3 Å². The largest absolute Gasteiger partial charge is 0.454 e. The topological polar surface area (TPSA) is 50.7 Å². The maximum Gasteiger partial charge on any atom is 0.231 e. The summed E-state index contributed by atoms with van der Waals surface area (Å²) in [5.41, 5.74) is 1.10. The van der Waals surface area contributed by atoms with Gasteiger partial charge in [-0.25, -0.2) is 0 Å². The van der Waals surface area contributed by atoms with Crippen molar-refractivity contribution in [2.24, 2.45) is 0 Å². The van der Waals surface area contributed by atoms with E-state index in [0.717, 1.165) is 36.6 Å². The molecule has 88 valence electrons. The molecule has 1 atom stereocenters. The Morgan fingerprint density at radius 3 is 3.12 bits per heavy atom. The fourth-order valence-electron chi connectivity index (χ4n) is 1.66. The van der Waals surface area contributed by atoms with Gasteiger partial charge in [0, 0.05) is 12.1 Å². The van der Waals surface area contributed by atoms with Gasteiger partial charge in [0.25, 0.3) is 0 Å². The molecule has 2 N–H and O–H groups in total. The number of ether oxygens (including phenoxy) is 2. The zero-order valence-corrected chi connectivity index (χ0v) is 9.40. The quantitative estimate of drug-likeness (QED) is 0.738. The average Bonchev–Trinajstić information content (AvgIpc) is 2.72. The highest BCUT2D eigenvalue weighted by molar-refractivity contribution is 5.48. The van der Waals surface area contributed by atoms with Crippen molar-refractivity contribution in [3.8, 4) is 11.5 Å². The number of fused-ring (bicyclic) bond motifs is 1. The molecule has 0 spiro atoms. The first-order valence-corrected chi connectivity index (χ1v) is 5.53. The molecule has 0 saturated carbocycles. The zero-order chi connectivity index (χ0) is 11.4. The molecule has 1 aromatic carbocycles. The van der Waals surface area contributed by atoms with Crippen molar-refractivity contribution < 1.29 is 14.6 Å². The van der Waals surface area contributed by atoms with E-state index in [1.54, 1.807) is 6.92 Å². The SMILES string of the molecule is CC(O)CCNCc1cccc2c1OCO2. The molecule has 1 aliphatic rings. The molecule has 0 bridgehead atoms. The van der Waals surface area contributed by atoms with Crippen LogP contribution in [-0.4, -0.2) is 24.5 Å². The molecule has 2 rings (SSSR count). The van der Waals surface area contributed by atoms with E-state index in [4.69, 9.17) is 14.6 Å². The Morgan fingerprint density at radius 1 is 1.44 bits per heavy atom. The average molecular weight is 223 g/mol. The van der Waals surface area contributed by atoms with Crippen LogP contribution in [0.1, 0.15) is 18.9 Å². The zero-order valence-electron chi connectivity index (χ0n) is 9.40. The second-order valence-corrected chi connectivity index (χ2v) is 3.97. The summed E-state index contributed by atoms with van der Waals surface area (Å²) in [4.78, 5) is 0. The minimum absolute atomic E-state index is 0.256. The van der Waals surface area contributed by atoms with Crippen LogP contribution in [0.3, 0.4) is 0 Å². The lowest BCUT2D eigenvalue weighted by molar-refractivity contribution is 0.173. The second kappa shape index (κ2) is 5.18. The van der Waals surface area contributed by atoms with E-state index in [2.05, 4.69) is 5.32 Å². The Hall–Kier alpha value is -1.26. The Balaban J connectivity index is 1.88. The maximum absolute atomic E-state index is 9.12. The van der Waals surface area contributed by atoms with Gasteiger partial charge in [0.15, 0.2) is 11.5 Å². The molecule has 1 heterocycles. The number of hydrogen-bond acceptors (Lipinski definition) is 4. The van der Waals surface area contributed by atoms with Gasteiger partial charge in [-0.15, -0.1) is 0 Å². The first-order chi connectivity index (χ1) is 7.77. The van der Waals surface area contributed by atoms with E-state index in [1.807, 2.05) is 18.2 Å². The summed E-state index contributed by atoms with van der Waals surface area (Å²) >= 11 is 0. The lowest BCUT2D eigenvalue weighted by Gasteiger charge is -2.08. The van der Waals surface area contributed by atoms with Gasteiger partial charge in [-0.05, 0) is 26.0 Å². The van der Waals surface area contributed by atoms with Crippen LogP contribution >= 0.6 is 0 Å². The van der Waals surface area contributed by atoms with Crippen LogP contribution < -0.4 is 14.8 Å². The molecular formula is C12H17NO3. The van der Waals surface area contributed by atoms with Crippen molar-refractivity contribution in [3.63, 3.8) is 0 Å². The lowest BCUT2D eigenvalue weighted by atomic mass is 10.2. The third-order valence-corrected chi connectivity index (χ3v) is 2.53. The van der Waals surface area contributed by atoms with Gasteiger partial charge < -0.3 is 19.9 Å². The predicted octanol–water partition coefficient (Wildman–Crippen LogP) is 1.28. The minimum Gasteiger partial charge on any atom is -0.454 e. The second-order valence-electron chi connectivity index (χ2n) is 3.97. The fourth-order valence-corrected chi connectivity index (χ4v) is 1.66. The summed E-state index contributed by atoms with van der Waals surface area (Å²) in [7, 11) is 0. The number of hydrogen-bond donors (Lipinski definition) is 2. The molecule has 0 radical (unpaired) electrons. The van der Waals surface area contributed by atoms with Crippen LogP contribution in [-0.2, 0) is 6.54 Å². The summed E-state index contributed by atoms with van der Waals surface area (Å²) < 4.78 is 10.7. The highest BCUT2D eigenvalue weighted by atomic mass is 16.7. The Kier molecular flexibility index (Phi) is 3.64. The van der Waals surface area contributed by atoms with Crippen molar-refractivity contribution in [3.05, 3.63) is 23.8 Å². The molecular weight excluding hydrogens is 206 g/mol. The summed E-state index contributed by atoms with van der Waals surface area (Å²) in [5, 5.41) is 12.4. The molecule has 0 fully saturated rings. The van der Waals surface area contributed by atoms with E-state index in [1.165, 1.54) is 0 Å². The third kappa shape index (κ3) is 2.65. The monoisotopic (exact) mass is 223 g/mol. The molecule has 0 amide bonds. The fraction of sp³-hybridized carbons (Fsp3) is 0.500. The van der Waals surface area contributed by atoms with Gasteiger partial charge in [0.2, 0.25) is 6.79 Å². The van der Waals surface area contributed by atoms with E-state index >= 15 is 0 Å².